The van der Waals surface area contributed by atoms with E-state index in [9.17, 15) is 0 Å². The van der Waals surface area contributed by atoms with E-state index in [1.54, 1.807) is 26.0 Å². The van der Waals surface area contributed by atoms with E-state index in [1.807, 2.05) is 0 Å². The summed E-state index contributed by atoms with van der Waals surface area (Å²) >= 11 is 1.60. The average molecular weight is 200 g/mol. The molecule has 0 unspecified atom stereocenters. The van der Waals surface area contributed by atoms with E-state index in [2.05, 4.69) is 16.9 Å². The van der Waals surface area contributed by atoms with Crippen molar-refractivity contribution in [2.24, 2.45) is 0 Å². The molecule has 0 N–H and O–H groups in total. The zero-order chi connectivity index (χ0) is 9.68. The molecule has 5 heteroatoms. The Morgan fingerprint density at radius 1 is 1.31 bits per heavy atom. The second-order valence-corrected chi connectivity index (χ2v) is 3.41. The molecule has 0 spiro atoms. The Hall–Kier alpha value is -0.970. The number of aromatic nitrogens is 2. The fourth-order valence-corrected chi connectivity index (χ4v) is 1.60. The molecule has 4 nitrogen and oxygen atoms in total. The summed E-state index contributed by atoms with van der Waals surface area (Å²) in [6.45, 7) is 2.05. The van der Waals surface area contributed by atoms with Crippen molar-refractivity contribution in [3.05, 3.63) is 6.33 Å². The Morgan fingerprint density at radius 3 is 2.62 bits per heavy atom. The second kappa shape index (κ2) is 4.91. The molecule has 0 atom stereocenters. The van der Waals surface area contributed by atoms with Crippen LogP contribution in [0.3, 0.4) is 0 Å². The van der Waals surface area contributed by atoms with Gasteiger partial charge in [-0.3, -0.25) is 0 Å². The third-order valence-electron chi connectivity index (χ3n) is 1.42. The van der Waals surface area contributed by atoms with Crippen LogP contribution in [0.2, 0.25) is 0 Å². The number of thioether (sulfide) groups is 1. The normalized spacial score (nSPS) is 9.77. The molecule has 0 saturated heterocycles. The van der Waals surface area contributed by atoms with Crippen molar-refractivity contribution >= 4 is 11.8 Å². The molecule has 1 heterocycles. The molecule has 1 aromatic rings. The molecule has 13 heavy (non-hydrogen) atoms. The highest BCUT2D eigenvalue weighted by Gasteiger charge is 2.11. The minimum absolute atomic E-state index is 0.480. The van der Waals surface area contributed by atoms with Crippen molar-refractivity contribution < 1.29 is 9.47 Å². The summed E-state index contributed by atoms with van der Waals surface area (Å²) in [7, 11) is 3.15. The Labute approximate surface area is 81.7 Å². The minimum atomic E-state index is 0.480. The summed E-state index contributed by atoms with van der Waals surface area (Å²) in [5.74, 6) is 2.03. The zero-order valence-corrected chi connectivity index (χ0v) is 8.72. The van der Waals surface area contributed by atoms with Crippen LogP contribution in [0.15, 0.2) is 11.4 Å². The molecule has 0 bridgehead atoms. The summed E-state index contributed by atoms with van der Waals surface area (Å²) in [5, 5.41) is 0.817. The summed E-state index contributed by atoms with van der Waals surface area (Å²) in [6.07, 6.45) is 1.47. The van der Waals surface area contributed by atoms with E-state index in [4.69, 9.17) is 9.47 Å². The maximum atomic E-state index is 5.15. The van der Waals surface area contributed by atoms with Crippen LogP contribution < -0.4 is 9.47 Å². The van der Waals surface area contributed by atoms with Gasteiger partial charge in [-0.05, 0) is 5.75 Å². The predicted octanol–water partition coefficient (Wildman–Crippen LogP) is 1.61. The van der Waals surface area contributed by atoms with Crippen LogP contribution in [-0.4, -0.2) is 29.9 Å². The van der Waals surface area contributed by atoms with Gasteiger partial charge in [-0.15, -0.1) is 11.8 Å². The lowest BCUT2D eigenvalue weighted by Crippen LogP contribution is -1.97. The molecule has 0 amide bonds. The Morgan fingerprint density at radius 2 is 2.08 bits per heavy atom. The van der Waals surface area contributed by atoms with Crippen molar-refractivity contribution in [3.63, 3.8) is 0 Å². The number of rotatable bonds is 4. The molecule has 0 radical (unpaired) electrons. The van der Waals surface area contributed by atoms with Crippen molar-refractivity contribution in [3.8, 4) is 11.6 Å². The molecule has 0 aliphatic rings. The van der Waals surface area contributed by atoms with E-state index >= 15 is 0 Å². The van der Waals surface area contributed by atoms with Gasteiger partial charge in [0.1, 0.15) is 11.4 Å². The van der Waals surface area contributed by atoms with Crippen molar-refractivity contribution in [2.45, 2.75) is 11.9 Å². The summed E-state index contributed by atoms with van der Waals surface area (Å²) in [5.41, 5.74) is 0. The van der Waals surface area contributed by atoms with Gasteiger partial charge in [0, 0.05) is 0 Å². The number of hydrogen-bond acceptors (Lipinski definition) is 5. The lowest BCUT2D eigenvalue weighted by Gasteiger charge is -2.08. The highest BCUT2D eigenvalue weighted by Crippen LogP contribution is 2.33. The van der Waals surface area contributed by atoms with Gasteiger partial charge < -0.3 is 9.47 Å². The molecule has 0 fully saturated rings. The van der Waals surface area contributed by atoms with Crippen molar-refractivity contribution in [1.29, 1.82) is 0 Å². The van der Waals surface area contributed by atoms with Gasteiger partial charge in [-0.1, -0.05) is 6.92 Å². The number of hydrogen-bond donors (Lipinski definition) is 0. The first-order chi connectivity index (χ1) is 6.33. The standard InChI is InChI=1S/C8H12N2O2S/c1-4-13-8-6(11-2)7(12-3)9-5-10-8/h5H,4H2,1-3H3. The van der Waals surface area contributed by atoms with Crippen molar-refractivity contribution in [1.82, 2.24) is 9.97 Å². The molecule has 0 aliphatic heterocycles. The maximum Gasteiger partial charge on any atom is 0.261 e. The van der Waals surface area contributed by atoms with Gasteiger partial charge in [0.15, 0.2) is 0 Å². The molecule has 0 saturated carbocycles. The molecule has 1 aromatic heterocycles. The zero-order valence-electron chi connectivity index (χ0n) is 7.90. The predicted molar refractivity (Wildman–Crippen MR) is 51.5 cm³/mol. The fourth-order valence-electron chi connectivity index (χ4n) is 0.902. The topological polar surface area (TPSA) is 44.2 Å². The van der Waals surface area contributed by atoms with E-state index < -0.39 is 0 Å². The van der Waals surface area contributed by atoms with Crippen molar-refractivity contribution in [2.75, 3.05) is 20.0 Å². The summed E-state index contributed by atoms with van der Waals surface area (Å²) < 4.78 is 10.2. The van der Waals surface area contributed by atoms with E-state index in [0.29, 0.717) is 11.6 Å². The monoisotopic (exact) mass is 200 g/mol. The first-order valence-corrected chi connectivity index (χ1v) is 4.87. The largest absolute Gasteiger partial charge is 0.489 e. The fraction of sp³-hybridized carbons (Fsp3) is 0.500. The van der Waals surface area contributed by atoms with Gasteiger partial charge in [0.05, 0.1) is 14.2 Å². The van der Waals surface area contributed by atoms with Gasteiger partial charge in [0.2, 0.25) is 5.75 Å². The third kappa shape index (κ3) is 2.24. The Bertz CT molecular complexity index is 281. The molecule has 72 valence electrons. The van der Waals surface area contributed by atoms with Crippen LogP contribution in [0.1, 0.15) is 6.92 Å². The molecule has 0 aliphatic carbocycles. The number of ether oxygens (including phenoxy) is 2. The number of methoxy groups -OCH3 is 2. The van der Waals surface area contributed by atoms with Gasteiger partial charge in [-0.2, -0.15) is 4.98 Å². The van der Waals surface area contributed by atoms with E-state index in [0.717, 1.165) is 10.8 Å². The quantitative estimate of drug-likeness (QED) is 0.545. The van der Waals surface area contributed by atoms with Crippen LogP contribution in [0.4, 0.5) is 0 Å². The van der Waals surface area contributed by atoms with E-state index in [-0.39, 0.29) is 0 Å². The summed E-state index contributed by atoms with van der Waals surface area (Å²) in [4.78, 5) is 8.03. The van der Waals surface area contributed by atoms with Gasteiger partial charge >= 0.3 is 0 Å². The molecule has 1 rings (SSSR count). The highest BCUT2D eigenvalue weighted by molar-refractivity contribution is 7.99. The van der Waals surface area contributed by atoms with Crippen LogP contribution in [-0.2, 0) is 0 Å². The Kier molecular flexibility index (Phi) is 3.82. The Balaban J connectivity index is 3.03. The highest BCUT2D eigenvalue weighted by atomic mass is 32.2. The molecular weight excluding hydrogens is 188 g/mol. The van der Waals surface area contributed by atoms with Crippen LogP contribution in [0.5, 0.6) is 11.6 Å². The van der Waals surface area contributed by atoms with Gasteiger partial charge in [-0.25, -0.2) is 4.98 Å². The van der Waals surface area contributed by atoms with Crippen LogP contribution in [0, 0.1) is 0 Å². The lowest BCUT2D eigenvalue weighted by molar-refractivity contribution is 0.332. The first-order valence-electron chi connectivity index (χ1n) is 3.89. The smallest absolute Gasteiger partial charge is 0.261 e. The number of nitrogens with zero attached hydrogens (tertiary/aromatic N) is 2. The third-order valence-corrected chi connectivity index (χ3v) is 2.27. The maximum absolute atomic E-state index is 5.15. The van der Waals surface area contributed by atoms with E-state index in [1.165, 1.54) is 6.33 Å². The lowest BCUT2D eigenvalue weighted by atomic mass is 10.6. The van der Waals surface area contributed by atoms with Crippen LogP contribution >= 0.6 is 11.8 Å². The molecular formula is C8H12N2O2S. The second-order valence-electron chi connectivity index (χ2n) is 2.15. The minimum Gasteiger partial charge on any atom is -0.489 e. The SMILES string of the molecule is CCSc1ncnc(OC)c1OC. The van der Waals surface area contributed by atoms with Crippen LogP contribution in [0.25, 0.3) is 0 Å². The average Bonchev–Trinajstić information content (AvgIpc) is 2.18. The summed E-state index contributed by atoms with van der Waals surface area (Å²) in [6, 6.07) is 0. The first kappa shape index (κ1) is 10.1. The van der Waals surface area contributed by atoms with Gasteiger partial charge in [0.25, 0.3) is 5.88 Å². The molecule has 0 aromatic carbocycles.